The van der Waals surface area contributed by atoms with E-state index in [2.05, 4.69) is 31.8 Å². The van der Waals surface area contributed by atoms with E-state index in [1.165, 1.54) is 10.5 Å². The molecule has 0 saturated heterocycles. The minimum atomic E-state index is 1.10. The summed E-state index contributed by atoms with van der Waals surface area (Å²) >= 11 is 1.92. The Labute approximate surface area is 104 Å². The van der Waals surface area contributed by atoms with Crippen molar-refractivity contribution in [3.8, 4) is 0 Å². The molecule has 0 bridgehead atoms. The molecule has 0 aromatic carbocycles. The summed E-state index contributed by atoms with van der Waals surface area (Å²) in [5.74, 6) is 1.13. The number of aromatic nitrogens is 1. The molecule has 0 aliphatic carbocycles. The van der Waals surface area contributed by atoms with E-state index < -0.39 is 0 Å². The first-order chi connectivity index (χ1) is 7.79. The van der Waals surface area contributed by atoms with Crippen LogP contribution < -0.4 is 0 Å². The number of rotatable bonds is 4. The van der Waals surface area contributed by atoms with Crippen molar-refractivity contribution in [1.82, 2.24) is 4.98 Å². The minimum absolute atomic E-state index is 1.10. The van der Waals surface area contributed by atoms with Gasteiger partial charge in [-0.3, -0.25) is 4.98 Å². The zero-order valence-corrected chi connectivity index (χ0v) is 11.9. The molecule has 1 aromatic heterocycles. The highest BCUT2D eigenvalue weighted by Crippen LogP contribution is 2.27. The summed E-state index contributed by atoms with van der Waals surface area (Å²) in [6.45, 7) is 10.5. The lowest BCUT2D eigenvalue weighted by Crippen LogP contribution is -1.88. The van der Waals surface area contributed by atoms with Crippen LogP contribution in [0.5, 0.6) is 0 Å². The van der Waals surface area contributed by atoms with E-state index in [4.69, 9.17) is 0 Å². The van der Waals surface area contributed by atoms with Crippen LogP contribution in [-0.4, -0.2) is 10.7 Å². The van der Waals surface area contributed by atoms with Crippen LogP contribution in [0, 0.1) is 0 Å². The highest BCUT2D eigenvalue weighted by Gasteiger charge is 2.03. The number of pyridine rings is 1. The molecule has 1 nitrogen and oxygen atoms in total. The number of thioether (sulfide) groups is 1. The summed E-state index contributed by atoms with van der Waals surface area (Å²) in [5, 5.41) is 0. The van der Waals surface area contributed by atoms with E-state index in [9.17, 15) is 0 Å². The van der Waals surface area contributed by atoms with E-state index in [0.29, 0.717) is 0 Å². The number of nitrogens with zero attached hydrogens (tertiary/aromatic N) is 1. The van der Waals surface area contributed by atoms with Crippen LogP contribution in [-0.2, 0) is 0 Å². The van der Waals surface area contributed by atoms with Gasteiger partial charge in [0.15, 0.2) is 0 Å². The van der Waals surface area contributed by atoms with Gasteiger partial charge in [-0.05, 0) is 41.7 Å². The van der Waals surface area contributed by atoms with Gasteiger partial charge < -0.3 is 0 Å². The van der Waals surface area contributed by atoms with Gasteiger partial charge >= 0.3 is 0 Å². The summed E-state index contributed by atoms with van der Waals surface area (Å²) < 4.78 is 0. The Kier molecular flexibility index (Phi) is 9.02. The molecule has 0 aliphatic rings. The predicted octanol–water partition coefficient (Wildman–Crippen LogP) is 5.00. The van der Waals surface area contributed by atoms with Gasteiger partial charge in [-0.15, -0.1) is 11.8 Å². The molecule has 0 fully saturated rings. The standard InChI is InChI=1S/C12H17NS.C2H6/c1-4-12(14-5-2)10(3)11-8-6-7-9-13-11;1-2/h6-9H,4-5H2,1-3H3;1-2H3/b12-10+;. The normalized spacial score (nSPS) is 11.3. The molecule has 0 aliphatic heterocycles. The van der Waals surface area contributed by atoms with Crippen LogP contribution in [0.3, 0.4) is 0 Å². The first kappa shape index (κ1) is 15.2. The molecule has 0 amide bonds. The van der Waals surface area contributed by atoms with Crippen molar-refractivity contribution in [3.63, 3.8) is 0 Å². The molecule has 0 radical (unpaired) electrons. The molecule has 90 valence electrons. The number of allylic oxidation sites excluding steroid dienone is 2. The fraction of sp³-hybridized carbons (Fsp3) is 0.500. The lowest BCUT2D eigenvalue weighted by molar-refractivity contribution is 1.18. The Bertz CT molecular complexity index is 304. The zero-order chi connectivity index (χ0) is 12.4. The minimum Gasteiger partial charge on any atom is -0.257 e. The second kappa shape index (κ2) is 9.46. The molecule has 0 atom stereocenters. The van der Waals surface area contributed by atoms with E-state index in [0.717, 1.165) is 17.9 Å². The summed E-state index contributed by atoms with van der Waals surface area (Å²) in [6.07, 6.45) is 2.95. The summed E-state index contributed by atoms with van der Waals surface area (Å²) in [7, 11) is 0. The highest BCUT2D eigenvalue weighted by atomic mass is 32.2. The first-order valence-electron chi connectivity index (χ1n) is 6.03. The van der Waals surface area contributed by atoms with Crippen molar-refractivity contribution in [3.05, 3.63) is 35.0 Å². The maximum absolute atomic E-state index is 4.36. The molecular weight excluding hydrogens is 214 g/mol. The van der Waals surface area contributed by atoms with Gasteiger partial charge in [0.2, 0.25) is 0 Å². The van der Waals surface area contributed by atoms with Gasteiger partial charge in [0.25, 0.3) is 0 Å². The summed E-state index contributed by atoms with van der Waals surface area (Å²) in [5.41, 5.74) is 2.42. The SMILES string of the molecule is CC.CCS/C(CC)=C(\C)c1ccccn1. The van der Waals surface area contributed by atoms with Crippen LogP contribution >= 0.6 is 11.8 Å². The van der Waals surface area contributed by atoms with Crippen LogP contribution in [0.4, 0.5) is 0 Å². The number of hydrogen-bond acceptors (Lipinski definition) is 2. The highest BCUT2D eigenvalue weighted by molar-refractivity contribution is 8.03. The van der Waals surface area contributed by atoms with E-state index in [-0.39, 0.29) is 0 Å². The molecule has 0 spiro atoms. The zero-order valence-electron chi connectivity index (χ0n) is 11.1. The van der Waals surface area contributed by atoms with E-state index in [1.807, 2.05) is 43.9 Å². The maximum Gasteiger partial charge on any atom is 0.0666 e. The van der Waals surface area contributed by atoms with Crippen molar-refractivity contribution in [1.29, 1.82) is 0 Å². The molecule has 0 N–H and O–H groups in total. The Morgan fingerprint density at radius 3 is 2.38 bits per heavy atom. The fourth-order valence-corrected chi connectivity index (χ4v) is 2.25. The van der Waals surface area contributed by atoms with Crippen molar-refractivity contribution in [2.45, 2.75) is 41.0 Å². The Morgan fingerprint density at radius 1 is 1.25 bits per heavy atom. The molecule has 2 heteroatoms. The quantitative estimate of drug-likeness (QED) is 0.730. The van der Waals surface area contributed by atoms with Crippen LogP contribution in [0.1, 0.15) is 46.7 Å². The van der Waals surface area contributed by atoms with Crippen molar-refractivity contribution in [2.75, 3.05) is 5.75 Å². The summed E-state index contributed by atoms with van der Waals surface area (Å²) in [6, 6.07) is 6.06. The second-order valence-electron chi connectivity index (χ2n) is 3.05. The molecule has 1 rings (SSSR count). The summed E-state index contributed by atoms with van der Waals surface area (Å²) in [4.78, 5) is 5.81. The Hall–Kier alpha value is -0.760. The van der Waals surface area contributed by atoms with Gasteiger partial charge in [0, 0.05) is 6.20 Å². The largest absolute Gasteiger partial charge is 0.257 e. The number of hydrogen-bond donors (Lipinski definition) is 0. The molecule has 1 heterocycles. The van der Waals surface area contributed by atoms with Crippen LogP contribution in [0.25, 0.3) is 5.57 Å². The lowest BCUT2D eigenvalue weighted by atomic mass is 10.1. The second-order valence-corrected chi connectivity index (χ2v) is 4.41. The molecule has 0 unspecified atom stereocenters. The van der Waals surface area contributed by atoms with Gasteiger partial charge in [-0.25, -0.2) is 0 Å². The van der Waals surface area contributed by atoms with E-state index in [1.54, 1.807) is 0 Å². The first-order valence-corrected chi connectivity index (χ1v) is 7.02. The van der Waals surface area contributed by atoms with Crippen molar-refractivity contribution in [2.24, 2.45) is 0 Å². The third-order valence-corrected chi connectivity index (χ3v) is 3.34. The average Bonchev–Trinajstić information content (AvgIpc) is 2.38. The van der Waals surface area contributed by atoms with Crippen LogP contribution in [0.2, 0.25) is 0 Å². The van der Waals surface area contributed by atoms with Gasteiger partial charge in [-0.1, -0.05) is 33.8 Å². The topological polar surface area (TPSA) is 12.9 Å². The van der Waals surface area contributed by atoms with E-state index >= 15 is 0 Å². The Morgan fingerprint density at radius 2 is 1.94 bits per heavy atom. The average molecular weight is 237 g/mol. The van der Waals surface area contributed by atoms with Crippen LogP contribution in [0.15, 0.2) is 29.3 Å². The molecule has 1 aromatic rings. The van der Waals surface area contributed by atoms with Crippen molar-refractivity contribution < 1.29 is 0 Å². The third-order valence-electron chi connectivity index (χ3n) is 2.11. The van der Waals surface area contributed by atoms with Crippen molar-refractivity contribution >= 4 is 17.3 Å². The monoisotopic (exact) mass is 237 g/mol. The third kappa shape index (κ3) is 4.84. The predicted molar refractivity (Wildman–Crippen MR) is 76.6 cm³/mol. The van der Waals surface area contributed by atoms with Gasteiger partial charge in [-0.2, -0.15) is 0 Å². The maximum atomic E-state index is 4.36. The molecular formula is C14H23NS. The molecule has 0 saturated carbocycles. The van der Waals surface area contributed by atoms with Gasteiger partial charge in [0.05, 0.1) is 5.69 Å². The Balaban J connectivity index is 0.00000106. The smallest absolute Gasteiger partial charge is 0.0666 e. The fourth-order valence-electron chi connectivity index (χ4n) is 1.38. The lowest BCUT2D eigenvalue weighted by Gasteiger charge is -2.08. The van der Waals surface area contributed by atoms with Gasteiger partial charge in [0.1, 0.15) is 0 Å². The molecule has 16 heavy (non-hydrogen) atoms.